The summed E-state index contributed by atoms with van der Waals surface area (Å²) in [5.41, 5.74) is 4.80. The second-order valence-corrected chi connectivity index (χ2v) is 5.53. The Morgan fingerprint density at radius 2 is 1.84 bits per heavy atom. The Labute approximate surface area is 116 Å². The number of ether oxygens (including phenoxy) is 1. The molecular formula is C15H16O3S. The Morgan fingerprint density at radius 1 is 1.21 bits per heavy atom. The highest BCUT2D eigenvalue weighted by atomic mass is 32.1. The minimum Gasteiger partial charge on any atom is -0.488 e. The molecule has 100 valence electrons. The summed E-state index contributed by atoms with van der Waals surface area (Å²) >= 11 is 1.18. The van der Waals surface area contributed by atoms with Gasteiger partial charge >= 0.3 is 5.97 Å². The molecule has 4 heteroatoms. The lowest BCUT2D eigenvalue weighted by Crippen LogP contribution is -2.01. The standard InChI is InChI=1S/C15H16O3S/c1-9-4-10(2)13(11(3)5-9)7-18-12-6-14(15(16)17)19-8-12/h4-6,8H,7H2,1-3H3,(H,16,17). The van der Waals surface area contributed by atoms with Gasteiger partial charge in [-0.15, -0.1) is 11.3 Å². The van der Waals surface area contributed by atoms with Gasteiger partial charge in [-0.3, -0.25) is 0 Å². The number of rotatable bonds is 4. The smallest absolute Gasteiger partial charge is 0.346 e. The quantitative estimate of drug-likeness (QED) is 0.919. The van der Waals surface area contributed by atoms with E-state index >= 15 is 0 Å². The van der Waals surface area contributed by atoms with E-state index in [1.165, 1.54) is 28.0 Å². The molecule has 2 aromatic rings. The van der Waals surface area contributed by atoms with Gasteiger partial charge in [0, 0.05) is 11.4 Å². The molecule has 1 aromatic carbocycles. The van der Waals surface area contributed by atoms with Crippen LogP contribution >= 0.6 is 11.3 Å². The first-order chi connectivity index (χ1) is 8.97. The molecule has 0 spiro atoms. The molecule has 19 heavy (non-hydrogen) atoms. The van der Waals surface area contributed by atoms with E-state index in [4.69, 9.17) is 9.84 Å². The predicted molar refractivity (Wildman–Crippen MR) is 76.3 cm³/mol. The fourth-order valence-electron chi connectivity index (χ4n) is 2.10. The first kappa shape index (κ1) is 13.6. The van der Waals surface area contributed by atoms with Crippen LogP contribution in [0.1, 0.15) is 31.9 Å². The summed E-state index contributed by atoms with van der Waals surface area (Å²) in [6.45, 7) is 6.67. The van der Waals surface area contributed by atoms with Gasteiger partial charge in [0.05, 0.1) is 0 Å². The van der Waals surface area contributed by atoms with Crippen LogP contribution in [0.25, 0.3) is 0 Å². The van der Waals surface area contributed by atoms with Gasteiger partial charge in [0.1, 0.15) is 17.2 Å². The van der Waals surface area contributed by atoms with Crippen LogP contribution in [0.5, 0.6) is 5.75 Å². The molecule has 0 bridgehead atoms. The monoisotopic (exact) mass is 276 g/mol. The van der Waals surface area contributed by atoms with Crippen molar-refractivity contribution in [2.24, 2.45) is 0 Å². The Bertz CT molecular complexity index is 591. The molecule has 1 N–H and O–H groups in total. The third kappa shape index (κ3) is 3.15. The van der Waals surface area contributed by atoms with Gasteiger partial charge < -0.3 is 9.84 Å². The summed E-state index contributed by atoms with van der Waals surface area (Å²) in [5.74, 6) is -0.302. The van der Waals surface area contributed by atoms with E-state index in [1.54, 1.807) is 11.4 Å². The van der Waals surface area contributed by atoms with Crippen LogP contribution in [-0.2, 0) is 6.61 Å². The Kier molecular flexibility index (Phi) is 3.90. The van der Waals surface area contributed by atoms with E-state index in [-0.39, 0.29) is 0 Å². The first-order valence-electron chi connectivity index (χ1n) is 5.98. The van der Waals surface area contributed by atoms with Gasteiger partial charge in [-0.1, -0.05) is 17.7 Å². The molecule has 1 aromatic heterocycles. The third-order valence-electron chi connectivity index (χ3n) is 3.01. The topological polar surface area (TPSA) is 46.5 Å². The van der Waals surface area contributed by atoms with Crippen molar-refractivity contribution in [2.75, 3.05) is 0 Å². The molecule has 0 aliphatic rings. The predicted octanol–water partition coefficient (Wildman–Crippen LogP) is 3.95. The van der Waals surface area contributed by atoms with E-state index in [9.17, 15) is 4.79 Å². The van der Waals surface area contributed by atoms with Crippen LogP contribution in [0.2, 0.25) is 0 Å². The van der Waals surface area contributed by atoms with E-state index in [0.29, 0.717) is 17.2 Å². The maximum atomic E-state index is 10.8. The second kappa shape index (κ2) is 5.45. The highest BCUT2D eigenvalue weighted by Gasteiger charge is 2.09. The number of aromatic carboxylic acids is 1. The van der Waals surface area contributed by atoms with Gasteiger partial charge in [-0.05, 0) is 37.5 Å². The molecule has 3 nitrogen and oxygen atoms in total. The minimum absolute atomic E-state index is 0.298. The lowest BCUT2D eigenvalue weighted by atomic mass is 10.0. The number of carbonyl (C=O) groups is 1. The van der Waals surface area contributed by atoms with Gasteiger partial charge in [0.15, 0.2) is 0 Å². The van der Waals surface area contributed by atoms with Crippen LogP contribution in [0.4, 0.5) is 0 Å². The highest BCUT2D eigenvalue weighted by molar-refractivity contribution is 7.12. The summed E-state index contributed by atoms with van der Waals surface area (Å²) in [4.78, 5) is 11.1. The zero-order valence-corrected chi connectivity index (χ0v) is 12.0. The Morgan fingerprint density at radius 3 is 2.37 bits per heavy atom. The van der Waals surface area contributed by atoms with E-state index in [1.807, 2.05) is 0 Å². The van der Waals surface area contributed by atoms with Crippen molar-refractivity contribution in [1.29, 1.82) is 0 Å². The molecule has 1 heterocycles. The number of hydrogen-bond donors (Lipinski definition) is 1. The lowest BCUT2D eigenvalue weighted by molar-refractivity contribution is 0.0702. The largest absolute Gasteiger partial charge is 0.488 e. The molecule has 0 amide bonds. The van der Waals surface area contributed by atoms with Crippen molar-refractivity contribution in [2.45, 2.75) is 27.4 Å². The molecule has 0 fully saturated rings. The average Bonchev–Trinajstić information content (AvgIpc) is 2.76. The zero-order valence-electron chi connectivity index (χ0n) is 11.2. The second-order valence-electron chi connectivity index (χ2n) is 4.62. The van der Waals surface area contributed by atoms with Crippen LogP contribution in [-0.4, -0.2) is 11.1 Å². The summed E-state index contributed by atoms with van der Waals surface area (Å²) in [6, 6.07) is 5.82. The Hall–Kier alpha value is -1.81. The molecule has 0 atom stereocenters. The zero-order chi connectivity index (χ0) is 14.0. The van der Waals surface area contributed by atoms with Crippen molar-refractivity contribution in [3.63, 3.8) is 0 Å². The van der Waals surface area contributed by atoms with Crippen molar-refractivity contribution in [3.8, 4) is 5.75 Å². The van der Waals surface area contributed by atoms with Gasteiger partial charge in [0.2, 0.25) is 0 Å². The number of carboxylic acids is 1. The van der Waals surface area contributed by atoms with Crippen molar-refractivity contribution >= 4 is 17.3 Å². The molecule has 0 radical (unpaired) electrons. The van der Waals surface area contributed by atoms with Crippen LogP contribution in [0.3, 0.4) is 0 Å². The fourth-order valence-corrected chi connectivity index (χ4v) is 2.76. The Balaban J connectivity index is 2.12. The normalized spacial score (nSPS) is 10.5. The van der Waals surface area contributed by atoms with Crippen LogP contribution in [0.15, 0.2) is 23.6 Å². The summed E-state index contributed by atoms with van der Waals surface area (Å²) in [6.07, 6.45) is 0. The maximum absolute atomic E-state index is 10.8. The minimum atomic E-state index is -0.914. The number of hydrogen-bond acceptors (Lipinski definition) is 3. The van der Waals surface area contributed by atoms with Crippen molar-refractivity contribution in [3.05, 3.63) is 50.7 Å². The summed E-state index contributed by atoms with van der Waals surface area (Å²) in [5, 5.41) is 10.6. The van der Waals surface area contributed by atoms with Gasteiger partial charge in [-0.2, -0.15) is 0 Å². The molecular weight excluding hydrogens is 260 g/mol. The highest BCUT2D eigenvalue weighted by Crippen LogP contribution is 2.24. The number of thiophene rings is 1. The molecule has 0 unspecified atom stereocenters. The third-order valence-corrected chi connectivity index (χ3v) is 3.91. The molecule has 0 saturated carbocycles. The molecule has 0 aliphatic carbocycles. The number of benzene rings is 1. The average molecular weight is 276 g/mol. The molecule has 0 saturated heterocycles. The van der Waals surface area contributed by atoms with E-state index < -0.39 is 5.97 Å². The van der Waals surface area contributed by atoms with Crippen LogP contribution in [0, 0.1) is 20.8 Å². The first-order valence-corrected chi connectivity index (χ1v) is 6.86. The van der Waals surface area contributed by atoms with Gasteiger partial charge in [-0.25, -0.2) is 4.79 Å². The van der Waals surface area contributed by atoms with E-state index in [0.717, 1.165) is 5.56 Å². The van der Waals surface area contributed by atoms with Crippen LogP contribution < -0.4 is 4.74 Å². The number of aryl methyl sites for hydroxylation is 3. The molecule has 0 aliphatic heterocycles. The van der Waals surface area contributed by atoms with Crippen molar-refractivity contribution < 1.29 is 14.6 Å². The summed E-state index contributed by atoms with van der Waals surface area (Å²) in [7, 11) is 0. The van der Waals surface area contributed by atoms with E-state index in [2.05, 4.69) is 32.9 Å². The summed E-state index contributed by atoms with van der Waals surface area (Å²) < 4.78 is 5.67. The molecule has 2 rings (SSSR count). The SMILES string of the molecule is Cc1cc(C)c(COc2csc(C(=O)O)c2)c(C)c1. The maximum Gasteiger partial charge on any atom is 0.346 e. The lowest BCUT2D eigenvalue weighted by Gasteiger charge is -2.11. The van der Waals surface area contributed by atoms with Crippen molar-refractivity contribution in [1.82, 2.24) is 0 Å². The fraction of sp³-hybridized carbons (Fsp3) is 0.267. The number of carboxylic acid groups (broad SMARTS) is 1. The van der Waals surface area contributed by atoms with Gasteiger partial charge in [0.25, 0.3) is 0 Å².